The van der Waals surface area contributed by atoms with Crippen LogP contribution in [-0.4, -0.2) is 68.0 Å². The number of rotatable bonds is 5. The number of ether oxygens (including phenoxy) is 1. The van der Waals surface area contributed by atoms with Crippen LogP contribution in [0.4, 0.5) is 24.8 Å². The van der Waals surface area contributed by atoms with E-state index in [1.54, 1.807) is 29.2 Å². The third kappa shape index (κ3) is 5.74. The third-order valence-electron chi connectivity index (χ3n) is 7.22. The average Bonchev–Trinajstić information content (AvgIpc) is 3.26. The molecule has 3 aromatic rings. The summed E-state index contributed by atoms with van der Waals surface area (Å²) >= 11 is 0. The standard InChI is InChI=1S/C26H30F3N7O2/c1-16-9-18-11-30-25(32-19-12-31-35(3)13-19)33-23(18)15-36(16)24(37)21-7-8-34(2)14-22(21)17-5-4-6-20(10-17)38-26(27,28)29/h4-6,10-13,16,21-22H,7-9,14-15H2,1-3H3,(H,30,32,33)/t16-,21-,22+/m1/s1. The van der Waals surface area contributed by atoms with Crippen molar-refractivity contribution in [3.05, 3.63) is 59.7 Å². The van der Waals surface area contributed by atoms with Gasteiger partial charge in [-0.2, -0.15) is 5.10 Å². The maximum Gasteiger partial charge on any atom is 0.573 e. The number of carbonyl (C=O) groups is 1. The van der Waals surface area contributed by atoms with Gasteiger partial charge in [0.05, 0.1) is 24.1 Å². The highest BCUT2D eigenvalue weighted by Crippen LogP contribution is 2.37. The van der Waals surface area contributed by atoms with Crippen molar-refractivity contribution in [1.29, 1.82) is 0 Å². The van der Waals surface area contributed by atoms with Gasteiger partial charge in [-0.15, -0.1) is 13.2 Å². The molecular formula is C26H30F3N7O2. The molecule has 12 heteroatoms. The van der Waals surface area contributed by atoms with Crippen molar-refractivity contribution in [2.45, 2.75) is 44.6 Å². The highest BCUT2D eigenvalue weighted by Gasteiger charge is 2.40. The smallest absolute Gasteiger partial charge is 0.406 e. The Kier molecular flexibility index (Phi) is 6.99. The number of likely N-dealkylation sites (N-methyl/N-ethyl adjacent to an activating group) is 1. The van der Waals surface area contributed by atoms with Crippen LogP contribution in [0, 0.1) is 5.92 Å². The topological polar surface area (TPSA) is 88.4 Å². The molecule has 3 atom stereocenters. The molecule has 1 fully saturated rings. The Morgan fingerprint density at radius 3 is 2.76 bits per heavy atom. The Labute approximate surface area is 218 Å². The monoisotopic (exact) mass is 529 g/mol. The summed E-state index contributed by atoms with van der Waals surface area (Å²) < 4.78 is 44.3. The van der Waals surface area contributed by atoms with Crippen molar-refractivity contribution < 1.29 is 22.7 Å². The average molecular weight is 530 g/mol. The second kappa shape index (κ2) is 10.2. The molecule has 1 saturated heterocycles. The molecule has 2 aromatic heterocycles. The number of alkyl halides is 3. The summed E-state index contributed by atoms with van der Waals surface area (Å²) in [5.74, 6) is -0.493. The molecule has 202 valence electrons. The van der Waals surface area contributed by atoms with E-state index in [-0.39, 0.29) is 29.5 Å². The van der Waals surface area contributed by atoms with Crippen molar-refractivity contribution in [2.75, 3.05) is 25.5 Å². The number of aryl methyl sites for hydroxylation is 1. The maximum absolute atomic E-state index is 14.0. The molecule has 2 aliphatic rings. The van der Waals surface area contributed by atoms with Gasteiger partial charge in [-0.3, -0.25) is 9.48 Å². The Morgan fingerprint density at radius 1 is 1.21 bits per heavy atom. The zero-order chi connectivity index (χ0) is 27.0. The Hall–Kier alpha value is -3.67. The van der Waals surface area contributed by atoms with Gasteiger partial charge in [0.25, 0.3) is 0 Å². The lowest BCUT2D eigenvalue weighted by Gasteiger charge is -2.42. The first-order valence-corrected chi connectivity index (χ1v) is 12.5. The fourth-order valence-corrected chi connectivity index (χ4v) is 5.37. The number of hydrogen-bond donors (Lipinski definition) is 1. The predicted octanol–water partition coefficient (Wildman–Crippen LogP) is 3.86. The summed E-state index contributed by atoms with van der Waals surface area (Å²) in [7, 11) is 3.77. The number of nitrogens with one attached hydrogen (secondary N) is 1. The zero-order valence-electron chi connectivity index (χ0n) is 21.4. The number of benzene rings is 1. The molecule has 2 aliphatic heterocycles. The molecule has 1 aromatic carbocycles. The molecule has 0 saturated carbocycles. The fourth-order valence-electron chi connectivity index (χ4n) is 5.37. The fraction of sp³-hybridized carbons (Fsp3) is 0.462. The number of nitrogens with zero attached hydrogens (tertiary/aromatic N) is 6. The SMILES string of the molecule is C[C@@H]1Cc2cnc(Nc3cnn(C)c3)nc2CN1C(=O)[C@@H]1CCN(C)C[C@H]1c1cccc(OC(F)(F)F)c1. The van der Waals surface area contributed by atoms with Crippen molar-refractivity contribution >= 4 is 17.5 Å². The van der Waals surface area contributed by atoms with E-state index in [2.05, 4.69) is 30.0 Å². The summed E-state index contributed by atoms with van der Waals surface area (Å²) in [6, 6.07) is 5.93. The van der Waals surface area contributed by atoms with Crippen LogP contribution in [0.25, 0.3) is 0 Å². The van der Waals surface area contributed by atoms with E-state index in [9.17, 15) is 18.0 Å². The van der Waals surface area contributed by atoms with Gasteiger partial charge in [0.2, 0.25) is 11.9 Å². The van der Waals surface area contributed by atoms with Gasteiger partial charge < -0.3 is 19.9 Å². The van der Waals surface area contributed by atoms with E-state index >= 15 is 0 Å². The largest absolute Gasteiger partial charge is 0.573 e. The third-order valence-corrected chi connectivity index (χ3v) is 7.22. The highest BCUT2D eigenvalue weighted by molar-refractivity contribution is 5.81. The molecule has 9 nitrogen and oxygen atoms in total. The minimum absolute atomic E-state index is 0.0104. The number of likely N-dealkylation sites (tertiary alicyclic amines) is 1. The molecule has 0 aliphatic carbocycles. The molecule has 1 amide bonds. The Morgan fingerprint density at radius 2 is 2.03 bits per heavy atom. The molecule has 0 radical (unpaired) electrons. The number of carbonyl (C=O) groups excluding carboxylic acids is 1. The lowest BCUT2D eigenvalue weighted by molar-refractivity contribution is -0.274. The minimum Gasteiger partial charge on any atom is -0.406 e. The van der Waals surface area contributed by atoms with Gasteiger partial charge in [0.1, 0.15) is 5.75 Å². The molecule has 38 heavy (non-hydrogen) atoms. The van der Waals surface area contributed by atoms with E-state index in [0.29, 0.717) is 37.4 Å². The summed E-state index contributed by atoms with van der Waals surface area (Å²) in [4.78, 5) is 27.0. The first-order chi connectivity index (χ1) is 18.1. The number of piperidine rings is 1. The number of hydrogen-bond acceptors (Lipinski definition) is 7. The zero-order valence-corrected chi connectivity index (χ0v) is 21.4. The van der Waals surface area contributed by atoms with Crippen LogP contribution in [0.3, 0.4) is 0 Å². The Bertz CT molecular complexity index is 1310. The van der Waals surface area contributed by atoms with E-state index in [4.69, 9.17) is 0 Å². The Balaban J connectivity index is 1.37. The quantitative estimate of drug-likeness (QED) is 0.537. The van der Waals surface area contributed by atoms with Crippen LogP contribution < -0.4 is 10.1 Å². The minimum atomic E-state index is -4.78. The van der Waals surface area contributed by atoms with Crippen LogP contribution in [0.1, 0.15) is 36.1 Å². The van der Waals surface area contributed by atoms with E-state index in [1.807, 2.05) is 32.1 Å². The first kappa shape index (κ1) is 26.0. The molecule has 0 bridgehead atoms. The number of amides is 1. The van der Waals surface area contributed by atoms with E-state index in [0.717, 1.165) is 23.5 Å². The lowest BCUT2D eigenvalue weighted by atomic mass is 9.79. The first-order valence-electron chi connectivity index (χ1n) is 12.5. The van der Waals surface area contributed by atoms with Crippen molar-refractivity contribution in [2.24, 2.45) is 13.0 Å². The number of fused-ring (bicyclic) bond motifs is 1. The van der Waals surface area contributed by atoms with Crippen LogP contribution >= 0.6 is 0 Å². The summed E-state index contributed by atoms with van der Waals surface area (Å²) in [6.07, 6.45) is 1.74. The van der Waals surface area contributed by atoms with Crippen molar-refractivity contribution in [1.82, 2.24) is 29.5 Å². The molecular weight excluding hydrogens is 499 g/mol. The van der Waals surface area contributed by atoms with Crippen molar-refractivity contribution in [3.8, 4) is 5.75 Å². The number of aromatic nitrogens is 4. The number of anilines is 2. The predicted molar refractivity (Wildman–Crippen MR) is 134 cm³/mol. The van der Waals surface area contributed by atoms with Crippen LogP contribution in [-0.2, 0) is 24.8 Å². The number of halogens is 3. The normalized spacial score (nSPS) is 22.2. The summed E-state index contributed by atoms with van der Waals surface area (Å²) in [5.41, 5.74) is 3.19. The second-order valence-electron chi connectivity index (χ2n) is 10.1. The molecule has 5 rings (SSSR count). The maximum atomic E-state index is 14.0. The molecule has 0 spiro atoms. The second-order valence-corrected chi connectivity index (χ2v) is 10.1. The van der Waals surface area contributed by atoms with Crippen LogP contribution in [0.2, 0.25) is 0 Å². The van der Waals surface area contributed by atoms with E-state index in [1.165, 1.54) is 12.1 Å². The van der Waals surface area contributed by atoms with Gasteiger partial charge in [0.15, 0.2) is 0 Å². The van der Waals surface area contributed by atoms with Crippen LogP contribution in [0.5, 0.6) is 5.75 Å². The molecule has 1 N–H and O–H groups in total. The van der Waals surface area contributed by atoms with Gasteiger partial charge in [-0.1, -0.05) is 12.1 Å². The van der Waals surface area contributed by atoms with Crippen LogP contribution in [0.15, 0.2) is 42.9 Å². The van der Waals surface area contributed by atoms with Crippen molar-refractivity contribution in [3.63, 3.8) is 0 Å². The van der Waals surface area contributed by atoms with E-state index < -0.39 is 6.36 Å². The molecule has 4 heterocycles. The van der Waals surface area contributed by atoms with Gasteiger partial charge in [-0.05, 0) is 56.6 Å². The highest BCUT2D eigenvalue weighted by atomic mass is 19.4. The van der Waals surface area contributed by atoms with Gasteiger partial charge in [0, 0.05) is 43.9 Å². The lowest BCUT2D eigenvalue weighted by Crippen LogP contribution is -2.50. The van der Waals surface area contributed by atoms with Gasteiger partial charge >= 0.3 is 6.36 Å². The summed E-state index contributed by atoms with van der Waals surface area (Å²) in [6.45, 7) is 3.64. The van der Waals surface area contributed by atoms with Gasteiger partial charge in [-0.25, -0.2) is 9.97 Å². The molecule has 0 unspecified atom stereocenters. The summed E-state index contributed by atoms with van der Waals surface area (Å²) in [5, 5.41) is 7.28.